The highest BCUT2D eigenvalue weighted by Crippen LogP contribution is 2.40. The van der Waals surface area contributed by atoms with Gasteiger partial charge in [-0.15, -0.1) is 0 Å². The summed E-state index contributed by atoms with van der Waals surface area (Å²) in [6.07, 6.45) is 0.864. The Labute approximate surface area is 200 Å². The predicted octanol–water partition coefficient (Wildman–Crippen LogP) is 4.89. The number of hydrogen-bond acceptors (Lipinski definition) is 5. The van der Waals surface area contributed by atoms with Crippen molar-refractivity contribution in [2.45, 2.75) is 33.2 Å². The summed E-state index contributed by atoms with van der Waals surface area (Å²) in [6, 6.07) is 13.2. The van der Waals surface area contributed by atoms with Crippen LogP contribution in [0.3, 0.4) is 0 Å². The van der Waals surface area contributed by atoms with Crippen LogP contribution in [0.4, 0.5) is 0 Å². The molecule has 1 saturated heterocycles. The molecule has 6 nitrogen and oxygen atoms in total. The van der Waals surface area contributed by atoms with Gasteiger partial charge < -0.3 is 19.6 Å². The summed E-state index contributed by atoms with van der Waals surface area (Å²) < 4.78 is 5.78. The highest BCUT2D eigenvalue weighted by molar-refractivity contribution is 6.46. The Morgan fingerprint density at radius 1 is 1.09 bits per heavy atom. The largest absolute Gasteiger partial charge is 0.507 e. The average Bonchev–Trinajstić information content (AvgIpc) is 3.08. The third-order valence-electron chi connectivity index (χ3n) is 5.86. The minimum atomic E-state index is -0.707. The number of carbonyl (C=O) groups excluding carboxylic acids is 2. The number of aliphatic hydroxyl groups excluding tert-OH is 1. The number of ketones is 1. The number of likely N-dealkylation sites (N-methyl/N-ethyl adjacent to an activating group) is 1. The molecule has 0 bridgehead atoms. The van der Waals surface area contributed by atoms with Gasteiger partial charge in [-0.3, -0.25) is 9.59 Å². The van der Waals surface area contributed by atoms with Crippen LogP contribution in [0.15, 0.2) is 54.1 Å². The molecule has 0 aliphatic carbocycles. The van der Waals surface area contributed by atoms with Crippen LogP contribution in [0.25, 0.3) is 5.76 Å². The summed E-state index contributed by atoms with van der Waals surface area (Å²) in [5.41, 5.74) is 1.23. The fourth-order valence-corrected chi connectivity index (χ4v) is 4.13. The molecular weight excluding hydrogens is 440 g/mol. The Morgan fingerprint density at radius 3 is 2.42 bits per heavy atom. The molecule has 1 aliphatic rings. The van der Waals surface area contributed by atoms with E-state index >= 15 is 0 Å². The Morgan fingerprint density at radius 2 is 1.79 bits per heavy atom. The lowest BCUT2D eigenvalue weighted by Gasteiger charge is -2.28. The number of aliphatic hydroxyl groups is 1. The lowest BCUT2D eigenvalue weighted by molar-refractivity contribution is -0.140. The maximum atomic E-state index is 13.1. The standard InChI is InChI=1S/C26H31ClN2O4/c1-4-16-33-21-9-7-8-19(17-21)23-22(24(30)18-10-12-20(27)13-11-18)25(31)26(32)29(23)15-14-28(5-2)6-3/h7-13,17,23,30H,4-6,14-16H2,1-3H3/b24-22+. The van der Waals surface area contributed by atoms with Crippen LogP contribution in [0, 0.1) is 0 Å². The van der Waals surface area contributed by atoms with Crippen molar-refractivity contribution >= 4 is 29.1 Å². The summed E-state index contributed by atoms with van der Waals surface area (Å²) in [4.78, 5) is 30.0. The molecule has 1 fully saturated rings. The third-order valence-corrected chi connectivity index (χ3v) is 6.11. The first kappa shape index (κ1) is 24.8. The van der Waals surface area contributed by atoms with E-state index in [0.29, 0.717) is 36.0 Å². The fraction of sp³-hybridized carbons (Fsp3) is 0.385. The second-order valence-electron chi connectivity index (χ2n) is 7.95. The van der Waals surface area contributed by atoms with E-state index in [1.165, 1.54) is 0 Å². The highest BCUT2D eigenvalue weighted by Gasteiger charge is 2.46. The third kappa shape index (κ3) is 5.57. The van der Waals surface area contributed by atoms with Crippen LogP contribution in [0.1, 0.15) is 44.4 Å². The zero-order chi connectivity index (χ0) is 24.0. The zero-order valence-electron chi connectivity index (χ0n) is 19.4. The maximum Gasteiger partial charge on any atom is 0.295 e. The molecule has 1 atom stereocenters. The monoisotopic (exact) mass is 470 g/mol. The van der Waals surface area contributed by atoms with Gasteiger partial charge in [-0.25, -0.2) is 0 Å². The van der Waals surface area contributed by atoms with Gasteiger partial charge in [-0.05, 0) is 61.5 Å². The minimum Gasteiger partial charge on any atom is -0.507 e. The van der Waals surface area contributed by atoms with E-state index in [0.717, 1.165) is 25.1 Å². The predicted molar refractivity (Wildman–Crippen MR) is 130 cm³/mol. The van der Waals surface area contributed by atoms with Crippen molar-refractivity contribution in [1.82, 2.24) is 9.80 Å². The van der Waals surface area contributed by atoms with E-state index < -0.39 is 17.7 Å². The number of halogens is 1. The van der Waals surface area contributed by atoms with Crippen molar-refractivity contribution in [1.29, 1.82) is 0 Å². The van der Waals surface area contributed by atoms with Gasteiger partial charge in [-0.1, -0.05) is 44.5 Å². The summed E-state index contributed by atoms with van der Waals surface area (Å²) in [5, 5.41) is 11.6. The molecule has 0 saturated carbocycles. The lowest BCUT2D eigenvalue weighted by atomic mass is 9.95. The molecule has 3 rings (SSSR count). The quantitative estimate of drug-likeness (QED) is 0.304. The molecule has 1 unspecified atom stereocenters. The number of ether oxygens (including phenoxy) is 1. The molecule has 1 amide bonds. The number of likely N-dealkylation sites (tertiary alicyclic amines) is 1. The molecule has 1 N–H and O–H groups in total. The Balaban J connectivity index is 2.08. The van der Waals surface area contributed by atoms with Crippen LogP contribution in [0.5, 0.6) is 5.75 Å². The smallest absolute Gasteiger partial charge is 0.295 e. The van der Waals surface area contributed by atoms with Crippen molar-refractivity contribution < 1.29 is 19.4 Å². The van der Waals surface area contributed by atoms with Crippen molar-refractivity contribution in [2.24, 2.45) is 0 Å². The Kier molecular flexibility index (Phi) is 8.53. The van der Waals surface area contributed by atoms with E-state index in [4.69, 9.17) is 16.3 Å². The summed E-state index contributed by atoms with van der Waals surface area (Å²) >= 11 is 5.99. The van der Waals surface area contributed by atoms with E-state index in [9.17, 15) is 14.7 Å². The van der Waals surface area contributed by atoms with Gasteiger partial charge in [0.05, 0.1) is 18.2 Å². The number of carbonyl (C=O) groups is 2. The van der Waals surface area contributed by atoms with Crippen molar-refractivity contribution in [3.63, 3.8) is 0 Å². The lowest BCUT2D eigenvalue weighted by Crippen LogP contribution is -2.38. The van der Waals surface area contributed by atoms with Gasteiger partial charge >= 0.3 is 0 Å². The van der Waals surface area contributed by atoms with Gasteiger partial charge in [0.2, 0.25) is 0 Å². The number of amides is 1. The van der Waals surface area contributed by atoms with Crippen LogP contribution < -0.4 is 4.74 Å². The summed E-state index contributed by atoms with van der Waals surface area (Å²) in [6.45, 7) is 9.40. The van der Waals surface area contributed by atoms with Gasteiger partial charge in [0.1, 0.15) is 11.5 Å². The minimum absolute atomic E-state index is 0.0783. The number of benzene rings is 2. The first-order valence-corrected chi connectivity index (χ1v) is 11.8. The topological polar surface area (TPSA) is 70.1 Å². The van der Waals surface area contributed by atoms with Gasteiger partial charge in [0, 0.05) is 23.7 Å². The number of rotatable bonds is 10. The highest BCUT2D eigenvalue weighted by atomic mass is 35.5. The van der Waals surface area contributed by atoms with E-state index in [1.807, 2.05) is 31.2 Å². The average molecular weight is 471 g/mol. The Hall–Kier alpha value is -2.83. The van der Waals surface area contributed by atoms with Gasteiger partial charge in [0.15, 0.2) is 0 Å². The molecule has 0 spiro atoms. The number of hydrogen-bond donors (Lipinski definition) is 1. The molecule has 2 aromatic carbocycles. The molecular formula is C26H31ClN2O4. The molecule has 2 aromatic rings. The molecule has 7 heteroatoms. The zero-order valence-corrected chi connectivity index (χ0v) is 20.1. The molecule has 33 heavy (non-hydrogen) atoms. The van der Waals surface area contributed by atoms with Crippen LogP contribution in [-0.2, 0) is 9.59 Å². The van der Waals surface area contributed by atoms with Crippen LogP contribution in [0.2, 0.25) is 5.02 Å². The van der Waals surface area contributed by atoms with Crippen LogP contribution in [-0.4, -0.2) is 59.4 Å². The summed E-state index contributed by atoms with van der Waals surface area (Å²) in [7, 11) is 0. The molecule has 176 valence electrons. The van der Waals surface area contributed by atoms with E-state index in [-0.39, 0.29) is 11.3 Å². The number of Topliss-reactive ketones (excluding diaryl/α,β-unsaturated/α-hetero) is 1. The normalized spacial score (nSPS) is 17.7. The second-order valence-corrected chi connectivity index (χ2v) is 8.38. The first-order chi connectivity index (χ1) is 15.9. The van der Waals surface area contributed by atoms with Gasteiger partial charge in [0.25, 0.3) is 11.7 Å². The number of nitrogens with zero attached hydrogens (tertiary/aromatic N) is 2. The SMILES string of the molecule is CCCOc1cccc(C2/C(=C(\O)c3ccc(Cl)cc3)C(=O)C(=O)N2CCN(CC)CC)c1. The van der Waals surface area contributed by atoms with Crippen LogP contribution >= 0.6 is 11.6 Å². The molecule has 0 aromatic heterocycles. The Bertz CT molecular complexity index is 1020. The molecule has 1 aliphatic heterocycles. The second kappa shape index (κ2) is 11.3. The fourth-order valence-electron chi connectivity index (χ4n) is 4.00. The van der Waals surface area contributed by atoms with E-state index in [1.54, 1.807) is 29.2 Å². The van der Waals surface area contributed by atoms with Crippen molar-refractivity contribution in [2.75, 3.05) is 32.8 Å². The van der Waals surface area contributed by atoms with E-state index in [2.05, 4.69) is 18.7 Å². The van der Waals surface area contributed by atoms with Crippen molar-refractivity contribution in [3.8, 4) is 5.75 Å². The summed E-state index contributed by atoms with van der Waals surface area (Å²) in [5.74, 6) is -0.843. The maximum absolute atomic E-state index is 13.1. The van der Waals surface area contributed by atoms with Crippen molar-refractivity contribution in [3.05, 3.63) is 70.3 Å². The first-order valence-electron chi connectivity index (χ1n) is 11.4. The molecule has 1 heterocycles. The van der Waals surface area contributed by atoms with Gasteiger partial charge in [-0.2, -0.15) is 0 Å². The molecule has 0 radical (unpaired) electrons.